The third-order valence-electron chi connectivity index (χ3n) is 4.84. The molecule has 0 aliphatic carbocycles. The van der Waals surface area contributed by atoms with Crippen LogP contribution in [0, 0.1) is 6.92 Å². The van der Waals surface area contributed by atoms with E-state index in [9.17, 15) is 13.2 Å². The smallest absolute Gasteiger partial charge is 0.370 e. The Hall–Kier alpha value is -1.89. The average Bonchev–Trinajstić information content (AvgIpc) is 3.03. The lowest BCUT2D eigenvalue weighted by molar-refractivity contribution is -0.137. The summed E-state index contributed by atoms with van der Waals surface area (Å²) < 4.78 is 46.8. The van der Waals surface area contributed by atoms with Crippen molar-refractivity contribution in [1.82, 2.24) is 25.0 Å². The number of rotatable bonds is 4. The van der Waals surface area contributed by atoms with Gasteiger partial charge in [-0.1, -0.05) is 12.1 Å². The quantitative estimate of drug-likeness (QED) is 0.368. The third kappa shape index (κ3) is 5.84. The second kappa shape index (κ2) is 10.4. The Morgan fingerprint density at radius 2 is 2.10 bits per heavy atom. The zero-order valence-electron chi connectivity index (χ0n) is 17.1. The number of ether oxygens (including phenoxy) is 1. The summed E-state index contributed by atoms with van der Waals surface area (Å²) in [6, 6.07) is 5.30. The van der Waals surface area contributed by atoms with Crippen LogP contribution in [0.5, 0.6) is 0 Å². The van der Waals surface area contributed by atoms with Gasteiger partial charge in [0.1, 0.15) is 18.5 Å². The number of nitrogens with one attached hydrogen (secondary N) is 1. The molecule has 1 aliphatic rings. The number of halogens is 4. The zero-order chi connectivity index (χ0) is 21.0. The molecule has 1 unspecified atom stereocenters. The van der Waals surface area contributed by atoms with Crippen molar-refractivity contribution in [2.45, 2.75) is 32.7 Å². The highest BCUT2D eigenvalue weighted by Crippen LogP contribution is 2.32. The summed E-state index contributed by atoms with van der Waals surface area (Å²) >= 11 is 0. The molecule has 0 saturated carbocycles. The molecule has 0 bridgehead atoms. The van der Waals surface area contributed by atoms with E-state index >= 15 is 0 Å². The fourth-order valence-electron chi connectivity index (χ4n) is 3.12. The number of hydrogen-bond acceptors (Lipinski definition) is 4. The number of morpholine rings is 1. The van der Waals surface area contributed by atoms with Crippen molar-refractivity contribution < 1.29 is 17.9 Å². The molecule has 166 valence electrons. The number of benzene rings is 1. The van der Waals surface area contributed by atoms with Gasteiger partial charge in [0.25, 0.3) is 0 Å². The van der Waals surface area contributed by atoms with Gasteiger partial charge in [-0.3, -0.25) is 0 Å². The van der Waals surface area contributed by atoms with Crippen LogP contribution in [-0.2, 0) is 24.5 Å². The first-order chi connectivity index (χ1) is 13.8. The van der Waals surface area contributed by atoms with Gasteiger partial charge in [0.15, 0.2) is 11.8 Å². The van der Waals surface area contributed by atoms with Crippen LogP contribution in [0.4, 0.5) is 13.2 Å². The van der Waals surface area contributed by atoms with Crippen LogP contribution in [0.1, 0.15) is 35.8 Å². The summed E-state index contributed by atoms with van der Waals surface area (Å²) in [7, 11) is 1.88. The maximum Gasteiger partial charge on any atom is 0.416 e. The number of hydrogen-bond donors (Lipinski definition) is 1. The van der Waals surface area contributed by atoms with E-state index in [0.717, 1.165) is 23.8 Å². The highest BCUT2D eigenvalue weighted by Gasteiger charge is 2.32. The maximum absolute atomic E-state index is 13.0. The molecule has 1 fully saturated rings. The molecule has 30 heavy (non-hydrogen) atoms. The van der Waals surface area contributed by atoms with Gasteiger partial charge in [-0.2, -0.15) is 13.2 Å². The molecular weight excluding hydrogens is 512 g/mol. The van der Waals surface area contributed by atoms with E-state index in [1.54, 1.807) is 6.07 Å². The molecule has 2 aromatic rings. The SMILES string of the molecule is CCNC(=NCc1nnc(C)n1C)N1CCOC(c2cccc(C(F)(F)F)c2)C1.I. The van der Waals surface area contributed by atoms with Crippen molar-refractivity contribution in [1.29, 1.82) is 0 Å². The van der Waals surface area contributed by atoms with E-state index in [2.05, 4.69) is 20.5 Å². The van der Waals surface area contributed by atoms with E-state index in [4.69, 9.17) is 4.74 Å². The van der Waals surface area contributed by atoms with Crippen LogP contribution in [0.3, 0.4) is 0 Å². The monoisotopic (exact) mass is 538 g/mol. The summed E-state index contributed by atoms with van der Waals surface area (Å²) in [5.41, 5.74) is -0.168. The van der Waals surface area contributed by atoms with E-state index < -0.39 is 17.8 Å². The number of aryl methyl sites for hydroxylation is 1. The van der Waals surface area contributed by atoms with Gasteiger partial charge in [0.05, 0.1) is 18.7 Å². The normalized spacial score (nSPS) is 17.6. The minimum Gasteiger partial charge on any atom is -0.370 e. The van der Waals surface area contributed by atoms with Crippen molar-refractivity contribution in [3.8, 4) is 0 Å². The number of guanidine groups is 1. The van der Waals surface area contributed by atoms with Crippen LogP contribution < -0.4 is 5.32 Å². The molecule has 0 spiro atoms. The van der Waals surface area contributed by atoms with Gasteiger partial charge in [-0.05, 0) is 31.5 Å². The van der Waals surface area contributed by atoms with Gasteiger partial charge in [0.2, 0.25) is 0 Å². The zero-order valence-corrected chi connectivity index (χ0v) is 19.4. The van der Waals surface area contributed by atoms with Crippen LogP contribution in [-0.4, -0.2) is 51.9 Å². The molecule has 1 N–H and O–H groups in total. The predicted molar refractivity (Wildman–Crippen MR) is 118 cm³/mol. The predicted octanol–water partition coefficient (Wildman–Crippen LogP) is 3.30. The number of alkyl halides is 3. The largest absolute Gasteiger partial charge is 0.416 e. The lowest BCUT2D eigenvalue weighted by Crippen LogP contribution is -2.48. The molecule has 2 heterocycles. The Balaban J connectivity index is 0.00000320. The molecule has 1 aromatic carbocycles. The van der Waals surface area contributed by atoms with Crippen molar-refractivity contribution in [3.05, 3.63) is 47.0 Å². The standard InChI is InChI=1S/C19H25F3N6O.HI/c1-4-23-18(24-11-17-26-25-13(2)27(17)3)28-8-9-29-16(12-28)14-6-5-7-15(10-14)19(20,21)22;/h5-7,10,16H,4,8-9,11-12H2,1-3H3,(H,23,24);1H. The van der Waals surface area contributed by atoms with Gasteiger partial charge < -0.3 is 19.5 Å². The molecule has 1 atom stereocenters. The first-order valence-corrected chi connectivity index (χ1v) is 9.46. The second-order valence-corrected chi connectivity index (χ2v) is 6.82. The Labute approximate surface area is 190 Å². The Morgan fingerprint density at radius 1 is 1.33 bits per heavy atom. The van der Waals surface area contributed by atoms with Crippen LogP contribution in [0.2, 0.25) is 0 Å². The molecule has 0 amide bonds. The summed E-state index contributed by atoms with van der Waals surface area (Å²) in [6.45, 7) is 6.26. The molecule has 1 aliphatic heterocycles. The highest BCUT2D eigenvalue weighted by atomic mass is 127. The molecule has 7 nitrogen and oxygen atoms in total. The highest BCUT2D eigenvalue weighted by molar-refractivity contribution is 14.0. The molecule has 1 saturated heterocycles. The summed E-state index contributed by atoms with van der Waals surface area (Å²) in [4.78, 5) is 6.64. The number of aliphatic imine (C=N–C) groups is 1. The average molecular weight is 538 g/mol. The van der Waals surface area contributed by atoms with E-state index in [1.807, 2.05) is 30.4 Å². The van der Waals surface area contributed by atoms with Crippen molar-refractivity contribution in [3.63, 3.8) is 0 Å². The van der Waals surface area contributed by atoms with Crippen molar-refractivity contribution >= 4 is 29.9 Å². The van der Waals surface area contributed by atoms with Crippen LogP contribution in [0.25, 0.3) is 0 Å². The van der Waals surface area contributed by atoms with E-state index in [0.29, 0.717) is 44.3 Å². The fourth-order valence-corrected chi connectivity index (χ4v) is 3.12. The Kier molecular flexibility index (Phi) is 8.47. The number of aromatic nitrogens is 3. The topological polar surface area (TPSA) is 67.6 Å². The first-order valence-electron chi connectivity index (χ1n) is 9.46. The molecule has 1 aromatic heterocycles. The molecule has 3 rings (SSSR count). The summed E-state index contributed by atoms with van der Waals surface area (Å²) in [5, 5.41) is 11.4. The summed E-state index contributed by atoms with van der Waals surface area (Å²) in [6.07, 6.45) is -4.85. The third-order valence-corrected chi connectivity index (χ3v) is 4.84. The molecular formula is C19H26F3IN6O. The van der Waals surface area contributed by atoms with Crippen molar-refractivity contribution in [2.24, 2.45) is 12.0 Å². The van der Waals surface area contributed by atoms with Gasteiger partial charge in [0, 0.05) is 20.1 Å². The maximum atomic E-state index is 13.0. The lowest BCUT2D eigenvalue weighted by Gasteiger charge is -2.35. The minimum atomic E-state index is -4.38. The summed E-state index contributed by atoms with van der Waals surface area (Å²) in [5.74, 6) is 2.21. The second-order valence-electron chi connectivity index (χ2n) is 6.82. The Bertz CT molecular complexity index is 870. The van der Waals surface area contributed by atoms with E-state index in [1.165, 1.54) is 6.07 Å². The fraction of sp³-hybridized carbons (Fsp3) is 0.526. The first kappa shape index (κ1) is 24.4. The van der Waals surface area contributed by atoms with Crippen LogP contribution in [0.15, 0.2) is 29.3 Å². The van der Waals surface area contributed by atoms with Gasteiger partial charge >= 0.3 is 6.18 Å². The minimum absolute atomic E-state index is 0. The molecule has 0 radical (unpaired) electrons. The number of nitrogens with zero attached hydrogens (tertiary/aromatic N) is 5. The van der Waals surface area contributed by atoms with Gasteiger partial charge in [-0.15, -0.1) is 34.2 Å². The van der Waals surface area contributed by atoms with Crippen molar-refractivity contribution in [2.75, 3.05) is 26.2 Å². The van der Waals surface area contributed by atoms with Gasteiger partial charge in [-0.25, -0.2) is 4.99 Å². The van der Waals surface area contributed by atoms with E-state index in [-0.39, 0.29) is 24.0 Å². The van der Waals surface area contributed by atoms with Crippen LogP contribution >= 0.6 is 24.0 Å². The Morgan fingerprint density at radius 3 is 2.73 bits per heavy atom. The molecule has 11 heteroatoms. The lowest BCUT2D eigenvalue weighted by atomic mass is 10.0.